The van der Waals surface area contributed by atoms with Gasteiger partial charge in [-0.2, -0.15) is 0 Å². The van der Waals surface area contributed by atoms with Crippen molar-refractivity contribution >= 4 is 29.1 Å². The number of amides is 2. The van der Waals surface area contributed by atoms with Gasteiger partial charge in [-0.3, -0.25) is 9.59 Å². The number of nitrogens with one attached hydrogen (secondary N) is 3. The summed E-state index contributed by atoms with van der Waals surface area (Å²) in [4.78, 5) is 24.4. The van der Waals surface area contributed by atoms with E-state index in [1.807, 2.05) is 0 Å². The van der Waals surface area contributed by atoms with Crippen LogP contribution in [-0.4, -0.2) is 30.9 Å². The van der Waals surface area contributed by atoms with Crippen LogP contribution in [0.3, 0.4) is 0 Å². The molecule has 5 nitrogen and oxygen atoms in total. The fourth-order valence-electron chi connectivity index (χ4n) is 2.60. The summed E-state index contributed by atoms with van der Waals surface area (Å²) in [5.74, 6) is -0.136. The lowest BCUT2D eigenvalue weighted by Crippen LogP contribution is -2.34. The molecule has 0 spiro atoms. The van der Waals surface area contributed by atoms with Gasteiger partial charge in [-0.15, -0.1) is 0 Å². The van der Waals surface area contributed by atoms with Crippen molar-refractivity contribution in [1.29, 1.82) is 0 Å². The van der Waals surface area contributed by atoms with E-state index in [-0.39, 0.29) is 23.8 Å². The molecule has 1 aromatic carbocycles. The van der Waals surface area contributed by atoms with Crippen LogP contribution in [-0.2, 0) is 4.79 Å². The minimum absolute atomic E-state index is 0.0115. The van der Waals surface area contributed by atoms with Gasteiger partial charge in [0, 0.05) is 17.6 Å². The van der Waals surface area contributed by atoms with Gasteiger partial charge >= 0.3 is 0 Å². The largest absolute Gasteiger partial charge is 0.349 e. The molecule has 1 aliphatic carbocycles. The van der Waals surface area contributed by atoms with Crippen molar-refractivity contribution in [2.24, 2.45) is 5.92 Å². The molecule has 1 saturated heterocycles. The monoisotopic (exact) mass is 321 g/mol. The molecular formula is C16H20ClN3O2. The molecule has 118 valence electrons. The average Bonchev–Trinajstić information content (AvgIpc) is 3.34. The van der Waals surface area contributed by atoms with Crippen LogP contribution >= 0.6 is 11.6 Å². The molecule has 0 bridgehead atoms. The van der Waals surface area contributed by atoms with Gasteiger partial charge in [0.2, 0.25) is 5.91 Å². The highest BCUT2D eigenvalue weighted by Crippen LogP contribution is 2.24. The van der Waals surface area contributed by atoms with Crippen LogP contribution in [0.5, 0.6) is 0 Å². The van der Waals surface area contributed by atoms with Crippen LogP contribution in [0.15, 0.2) is 18.2 Å². The molecule has 1 saturated carbocycles. The molecule has 2 fully saturated rings. The lowest BCUT2D eigenvalue weighted by molar-refractivity contribution is -0.120. The van der Waals surface area contributed by atoms with Crippen molar-refractivity contribution in [2.75, 3.05) is 18.4 Å². The van der Waals surface area contributed by atoms with Crippen molar-refractivity contribution in [1.82, 2.24) is 10.6 Å². The normalized spacial score (nSPS) is 18.8. The van der Waals surface area contributed by atoms with Crippen molar-refractivity contribution in [3.63, 3.8) is 0 Å². The number of benzene rings is 1. The van der Waals surface area contributed by atoms with Crippen LogP contribution < -0.4 is 16.0 Å². The third-order valence-corrected chi connectivity index (χ3v) is 4.43. The lowest BCUT2D eigenvalue weighted by atomic mass is 9.97. The van der Waals surface area contributed by atoms with Crippen LogP contribution in [0.1, 0.15) is 36.0 Å². The first-order chi connectivity index (χ1) is 10.6. The van der Waals surface area contributed by atoms with E-state index < -0.39 is 0 Å². The van der Waals surface area contributed by atoms with E-state index in [1.54, 1.807) is 18.2 Å². The third kappa shape index (κ3) is 3.78. The van der Waals surface area contributed by atoms with E-state index in [1.165, 1.54) is 0 Å². The molecule has 0 atom stereocenters. The fraction of sp³-hybridized carbons (Fsp3) is 0.500. The molecule has 1 heterocycles. The summed E-state index contributed by atoms with van der Waals surface area (Å²) in [6.07, 6.45) is 3.73. The smallest absolute Gasteiger partial charge is 0.253 e. The van der Waals surface area contributed by atoms with E-state index in [9.17, 15) is 9.59 Å². The summed E-state index contributed by atoms with van der Waals surface area (Å²) in [7, 11) is 0. The summed E-state index contributed by atoms with van der Waals surface area (Å²) >= 11 is 6.10. The Kier molecular flexibility index (Phi) is 4.64. The topological polar surface area (TPSA) is 70.2 Å². The maximum Gasteiger partial charge on any atom is 0.253 e. The standard InChI is InChI=1S/C16H20ClN3O2/c17-14-4-3-12(9-13(14)16(22)19-11-1-2-11)20-15(21)10-5-7-18-8-6-10/h3-4,9-11,18H,1-2,5-8H2,(H,19,22)(H,20,21). The minimum atomic E-state index is -0.175. The van der Waals surface area contributed by atoms with Crippen LogP contribution in [0.2, 0.25) is 5.02 Å². The molecule has 0 radical (unpaired) electrons. The van der Waals surface area contributed by atoms with Crippen molar-refractivity contribution in [2.45, 2.75) is 31.7 Å². The summed E-state index contributed by atoms with van der Waals surface area (Å²) < 4.78 is 0. The van der Waals surface area contributed by atoms with Crippen molar-refractivity contribution in [3.05, 3.63) is 28.8 Å². The predicted molar refractivity (Wildman–Crippen MR) is 86.2 cm³/mol. The highest BCUT2D eigenvalue weighted by Gasteiger charge is 2.25. The maximum absolute atomic E-state index is 12.2. The summed E-state index contributed by atoms with van der Waals surface area (Å²) in [5, 5.41) is 9.45. The summed E-state index contributed by atoms with van der Waals surface area (Å²) in [6.45, 7) is 1.74. The van der Waals surface area contributed by atoms with Crippen LogP contribution in [0.25, 0.3) is 0 Å². The highest BCUT2D eigenvalue weighted by atomic mass is 35.5. The zero-order valence-corrected chi connectivity index (χ0v) is 13.1. The third-order valence-electron chi connectivity index (χ3n) is 4.10. The Balaban J connectivity index is 1.67. The Morgan fingerprint density at radius 2 is 1.86 bits per heavy atom. The minimum Gasteiger partial charge on any atom is -0.349 e. The Labute approximate surface area is 134 Å². The quantitative estimate of drug-likeness (QED) is 0.796. The second kappa shape index (κ2) is 6.67. The van der Waals surface area contributed by atoms with Gasteiger partial charge in [-0.05, 0) is 57.0 Å². The van der Waals surface area contributed by atoms with E-state index in [2.05, 4.69) is 16.0 Å². The van der Waals surface area contributed by atoms with Crippen molar-refractivity contribution in [3.8, 4) is 0 Å². The first-order valence-electron chi connectivity index (χ1n) is 7.75. The maximum atomic E-state index is 12.2. The van der Waals surface area contributed by atoms with Gasteiger partial charge < -0.3 is 16.0 Å². The Morgan fingerprint density at radius 3 is 2.55 bits per heavy atom. The lowest BCUT2D eigenvalue weighted by Gasteiger charge is -2.22. The van der Waals surface area contributed by atoms with Gasteiger partial charge in [0.15, 0.2) is 0 Å². The zero-order chi connectivity index (χ0) is 15.5. The van der Waals surface area contributed by atoms with Gasteiger partial charge in [-0.25, -0.2) is 0 Å². The molecule has 22 heavy (non-hydrogen) atoms. The van der Waals surface area contributed by atoms with Gasteiger partial charge in [0.1, 0.15) is 0 Å². The van der Waals surface area contributed by atoms with E-state index in [0.29, 0.717) is 16.3 Å². The molecule has 3 N–H and O–H groups in total. The first-order valence-corrected chi connectivity index (χ1v) is 8.13. The molecule has 1 aliphatic heterocycles. The average molecular weight is 322 g/mol. The summed E-state index contributed by atoms with van der Waals surface area (Å²) in [5.41, 5.74) is 1.03. The number of hydrogen-bond acceptors (Lipinski definition) is 3. The molecule has 6 heteroatoms. The molecule has 2 amide bonds. The Morgan fingerprint density at radius 1 is 1.14 bits per heavy atom. The van der Waals surface area contributed by atoms with E-state index >= 15 is 0 Å². The Hall–Kier alpha value is -1.59. The summed E-state index contributed by atoms with van der Waals surface area (Å²) in [6, 6.07) is 5.31. The number of anilines is 1. The van der Waals surface area contributed by atoms with E-state index in [0.717, 1.165) is 38.8 Å². The van der Waals surface area contributed by atoms with Crippen LogP contribution in [0.4, 0.5) is 5.69 Å². The van der Waals surface area contributed by atoms with Crippen LogP contribution in [0, 0.1) is 5.92 Å². The SMILES string of the molecule is O=C(NC1CC1)c1cc(NC(=O)C2CCNCC2)ccc1Cl. The molecule has 0 unspecified atom stereocenters. The number of hydrogen-bond donors (Lipinski definition) is 3. The number of halogens is 1. The second-order valence-electron chi connectivity index (χ2n) is 5.96. The van der Waals surface area contributed by atoms with Gasteiger partial charge in [0.25, 0.3) is 5.91 Å². The fourth-order valence-corrected chi connectivity index (χ4v) is 2.80. The number of piperidine rings is 1. The second-order valence-corrected chi connectivity index (χ2v) is 6.36. The molecule has 1 aromatic rings. The first kappa shape index (κ1) is 15.3. The van der Waals surface area contributed by atoms with Gasteiger partial charge in [-0.1, -0.05) is 11.6 Å². The molecule has 3 rings (SSSR count). The number of carbonyl (C=O) groups is 2. The van der Waals surface area contributed by atoms with Crippen molar-refractivity contribution < 1.29 is 9.59 Å². The molecule has 2 aliphatic rings. The molecule has 0 aromatic heterocycles. The number of rotatable bonds is 4. The van der Waals surface area contributed by atoms with E-state index in [4.69, 9.17) is 11.6 Å². The van der Waals surface area contributed by atoms with Gasteiger partial charge in [0.05, 0.1) is 10.6 Å². The highest BCUT2D eigenvalue weighted by molar-refractivity contribution is 6.34. The molecular weight excluding hydrogens is 302 g/mol. The predicted octanol–water partition coefficient (Wildman–Crippen LogP) is 2.17. The zero-order valence-electron chi connectivity index (χ0n) is 12.3. The number of carbonyl (C=O) groups excluding carboxylic acids is 2. The Bertz CT molecular complexity index is 581.